The molecule has 0 aliphatic heterocycles. The number of benzene rings is 2. The van der Waals surface area contributed by atoms with Crippen LogP contribution >= 0.6 is 11.8 Å². The Balaban J connectivity index is 2.28. The predicted octanol–water partition coefficient (Wildman–Crippen LogP) is 3.46. The van der Waals surface area contributed by atoms with Crippen molar-refractivity contribution in [2.24, 2.45) is 0 Å². The first-order chi connectivity index (χ1) is 9.10. The molecule has 0 aromatic heterocycles. The summed E-state index contributed by atoms with van der Waals surface area (Å²) < 4.78 is 4.94. The molecule has 0 aliphatic carbocycles. The molecule has 0 amide bonds. The van der Waals surface area contributed by atoms with Gasteiger partial charge < -0.3 is 9.84 Å². The second-order valence-corrected chi connectivity index (χ2v) is 4.83. The molecule has 0 saturated carbocycles. The van der Waals surface area contributed by atoms with Gasteiger partial charge in [-0.1, -0.05) is 11.8 Å². The van der Waals surface area contributed by atoms with E-state index < -0.39 is 4.92 Å². The van der Waals surface area contributed by atoms with Crippen molar-refractivity contribution in [2.45, 2.75) is 9.79 Å². The Morgan fingerprint density at radius 2 is 1.79 bits per heavy atom. The SMILES string of the molecule is COc1ccc(Sc2ccc(O)cc2)cc1[N+](=O)[O-]. The molecule has 6 heteroatoms. The van der Waals surface area contributed by atoms with Crippen molar-refractivity contribution in [1.82, 2.24) is 0 Å². The van der Waals surface area contributed by atoms with Gasteiger partial charge in [0.15, 0.2) is 5.75 Å². The molecule has 2 aromatic rings. The lowest BCUT2D eigenvalue weighted by atomic mass is 10.3. The zero-order valence-corrected chi connectivity index (χ0v) is 10.9. The van der Waals surface area contributed by atoms with Crippen LogP contribution in [0, 0.1) is 10.1 Å². The Bertz CT molecular complexity index is 598. The van der Waals surface area contributed by atoms with E-state index in [1.807, 2.05) is 0 Å². The molecule has 0 unspecified atom stereocenters. The topological polar surface area (TPSA) is 72.6 Å². The second-order valence-electron chi connectivity index (χ2n) is 3.69. The van der Waals surface area contributed by atoms with Gasteiger partial charge in [0.1, 0.15) is 5.75 Å². The molecule has 0 aliphatic rings. The molecule has 19 heavy (non-hydrogen) atoms. The zero-order chi connectivity index (χ0) is 13.8. The normalized spacial score (nSPS) is 10.2. The van der Waals surface area contributed by atoms with Crippen LogP contribution < -0.4 is 4.74 Å². The third-order valence-corrected chi connectivity index (χ3v) is 3.42. The fourth-order valence-corrected chi connectivity index (χ4v) is 2.38. The van der Waals surface area contributed by atoms with Gasteiger partial charge in [0.05, 0.1) is 12.0 Å². The summed E-state index contributed by atoms with van der Waals surface area (Å²) in [6, 6.07) is 11.4. The van der Waals surface area contributed by atoms with Crippen LogP contribution in [0.4, 0.5) is 5.69 Å². The van der Waals surface area contributed by atoms with E-state index in [2.05, 4.69) is 0 Å². The number of ether oxygens (including phenoxy) is 1. The first-order valence-electron chi connectivity index (χ1n) is 5.39. The van der Waals surface area contributed by atoms with Gasteiger partial charge >= 0.3 is 5.69 Å². The van der Waals surface area contributed by atoms with Crippen LogP contribution in [0.25, 0.3) is 0 Å². The van der Waals surface area contributed by atoms with Gasteiger partial charge in [0.2, 0.25) is 0 Å². The first-order valence-corrected chi connectivity index (χ1v) is 6.21. The minimum atomic E-state index is -0.473. The van der Waals surface area contributed by atoms with Crippen molar-refractivity contribution >= 4 is 17.4 Å². The van der Waals surface area contributed by atoms with Crippen molar-refractivity contribution in [3.8, 4) is 11.5 Å². The maximum atomic E-state index is 10.9. The van der Waals surface area contributed by atoms with Gasteiger partial charge in [-0.25, -0.2) is 0 Å². The maximum Gasteiger partial charge on any atom is 0.312 e. The smallest absolute Gasteiger partial charge is 0.312 e. The van der Waals surface area contributed by atoms with Crippen LogP contribution in [-0.2, 0) is 0 Å². The minimum absolute atomic E-state index is 0.0636. The van der Waals surface area contributed by atoms with Crippen LogP contribution in [-0.4, -0.2) is 17.1 Å². The van der Waals surface area contributed by atoms with E-state index in [9.17, 15) is 15.2 Å². The third kappa shape index (κ3) is 3.17. The van der Waals surface area contributed by atoms with Crippen molar-refractivity contribution in [3.63, 3.8) is 0 Å². The van der Waals surface area contributed by atoms with Crippen LogP contribution in [0.3, 0.4) is 0 Å². The van der Waals surface area contributed by atoms with Crippen molar-refractivity contribution in [3.05, 3.63) is 52.6 Å². The lowest BCUT2D eigenvalue weighted by Gasteiger charge is -2.05. The third-order valence-electron chi connectivity index (χ3n) is 2.42. The van der Waals surface area contributed by atoms with Crippen molar-refractivity contribution < 1.29 is 14.8 Å². The molecule has 1 N–H and O–H groups in total. The molecule has 0 spiro atoms. The molecule has 0 atom stereocenters. The molecule has 0 heterocycles. The summed E-state index contributed by atoms with van der Waals surface area (Å²) in [7, 11) is 1.40. The van der Waals surface area contributed by atoms with Gasteiger partial charge in [-0.15, -0.1) is 0 Å². The van der Waals surface area contributed by atoms with Crippen molar-refractivity contribution in [2.75, 3.05) is 7.11 Å². The average Bonchev–Trinajstić information content (AvgIpc) is 2.41. The number of methoxy groups -OCH3 is 1. The summed E-state index contributed by atoms with van der Waals surface area (Å²) in [6.07, 6.45) is 0. The Morgan fingerprint density at radius 1 is 1.16 bits per heavy atom. The highest BCUT2D eigenvalue weighted by atomic mass is 32.2. The van der Waals surface area contributed by atoms with Crippen LogP contribution in [0.1, 0.15) is 0 Å². The number of rotatable bonds is 4. The number of nitrogens with zero attached hydrogens (tertiary/aromatic N) is 1. The van der Waals surface area contributed by atoms with Gasteiger partial charge in [0, 0.05) is 15.9 Å². The van der Waals surface area contributed by atoms with E-state index in [-0.39, 0.29) is 17.2 Å². The number of nitro groups is 1. The van der Waals surface area contributed by atoms with E-state index in [1.54, 1.807) is 36.4 Å². The van der Waals surface area contributed by atoms with Gasteiger partial charge in [-0.3, -0.25) is 10.1 Å². The Labute approximate surface area is 114 Å². The highest BCUT2D eigenvalue weighted by molar-refractivity contribution is 7.99. The first kappa shape index (κ1) is 13.2. The summed E-state index contributed by atoms with van der Waals surface area (Å²) >= 11 is 1.38. The molecule has 98 valence electrons. The lowest BCUT2D eigenvalue weighted by molar-refractivity contribution is -0.386. The monoisotopic (exact) mass is 277 g/mol. The number of hydrogen-bond donors (Lipinski definition) is 1. The highest BCUT2D eigenvalue weighted by Crippen LogP contribution is 2.35. The zero-order valence-electron chi connectivity index (χ0n) is 10.1. The molecule has 2 aromatic carbocycles. The van der Waals surface area contributed by atoms with E-state index in [4.69, 9.17) is 4.74 Å². The summed E-state index contributed by atoms with van der Waals surface area (Å²) in [5.74, 6) is 0.421. The molecule has 5 nitrogen and oxygen atoms in total. The quantitative estimate of drug-likeness (QED) is 0.684. The van der Waals surface area contributed by atoms with E-state index in [0.717, 1.165) is 9.79 Å². The second kappa shape index (κ2) is 5.62. The van der Waals surface area contributed by atoms with E-state index in [0.29, 0.717) is 0 Å². The van der Waals surface area contributed by atoms with Crippen LogP contribution in [0.15, 0.2) is 52.3 Å². The molecule has 2 rings (SSSR count). The summed E-state index contributed by atoms with van der Waals surface area (Å²) in [5, 5.41) is 20.1. The van der Waals surface area contributed by atoms with Gasteiger partial charge in [0.25, 0.3) is 0 Å². The molecule has 0 radical (unpaired) electrons. The number of phenolic OH excluding ortho intramolecular Hbond substituents is 1. The van der Waals surface area contributed by atoms with E-state index in [1.165, 1.54) is 24.9 Å². The molecule has 0 fully saturated rings. The fourth-order valence-electron chi connectivity index (χ4n) is 1.53. The fraction of sp³-hybridized carbons (Fsp3) is 0.0769. The minimum Gasteiger partial charge on any atom is -0.508 e. The number of hydrogen-bond acceptors (Lipinski definition) is 5. The molecular formula is C13H11NO4S. The number of phenols is 1. The number of nitro benzene ring substituents is 1. The summed E-state index contributed by atoms with van der Waals surface area (Å²) in [5.41, 5.74) is -0.0636. The average molecular weight is 277 g/mol. The summed E-state index contributed by atoms with van der Waals surface area (Å²) in [6.45, 7) is 0. The Hall–Kier alpha value is -2.21. The highest BCUT2D eigenvalue weighted by Gasteiger charge is 2.15. The standard InChI is InChI=1S/C13H11NO4S/c1-18-13-7-6-11(8-12(13)14(16)17)19-10-4-2-9(15)3-5-10/h2-8,15H,1H3. The van der Waals surface area contributed by atoms with E-state index >= 15 is 0 Å². The molecular weight excluding hydrogens is 266 g/mol. The van der Waals surface area contributed by atoms with Gasteiger partial charge in [-0.2, -0.15) is 0 Å². The molecule has 0 bridgehead atoms. The lowest BCUT2D eigenvalue weighted by Crippen LogP contribution is -1.93. The van der Waals surface area contributed by atoms with Gasteiger partial charge in [-0.05, 0) is 36.4 Å². The Morgan fingerprint density at radius 3 is 2.37 bits per heavy atom. The van der Waals surface area contributed by atoms with Crippen LogP contribution in [0.5, 0.6) is 11.5 Å². The van der Waals surface area contributed by atoms with Crippen LogP contribution in [0.2, 0.25) is 0 Å². The molecule has 0 saturated heterocycles. The largest absolute Gasteiger partial charge is 0.508 e. The predicted molar refractivity (Wildman–Crippen MR) is 71.9 cm³/mol. The Kier molecular flexibility index (Phi) is 3.91. The number of aromatic hydroxyl groups is 1. The maximum absolute atomic E-state index is 10.9. The van der Waals surface area contributed by atoms with Crippen molar-refractivity contribution in [1.29, 1.82) is 0 Å². The summed E-state index contributed by atoms with van der Waals surface area (Å²) in [4.78, 5) is 12.1.